The molecule has 0 aliphatic heterocycles. The van der Waals surface area contributed by atoms with Gasteiger partial charge in [-0.2, -0.15) is 5.10 Å². The second-order valence-electron chi connectivity index (χ2n) is 7.37. The molecule has 3 atom stereocenters. The van der Waals surface area contributed by atoms with E-state index in [4.69, 9.17) is 4.52 Å². The summed E-state index contributed by atoms with van der Waals surface area (Å²) in [4.78, 5) is 12.2. The highest BCUT2D eigenvalue weighted by molar-refractivity contribution is 5.92. The second kappa shape index (κ2) is 6.42. The lowest BCUT2D eigenvalue weighted by molar-refractivity contribution is 0.0940. The van der Waals surface area contributed by atoms with E-state index in [1.54, 1.807) is 16.9 Å². The third-order valence-electron chi connectivity index (χ3n) is 5.56. The Morgan fingerprint density at radius 2 is 2.33 bits per heavy atom. The van der Waals surface area contributed by atoms with Crippen molar-refractivity contribution >= 4 is 5.91 Å². The van der Waals surface area contributed by atoms with E-state index < -0.39 is 0 Å². The van der Waals surface area contributed by atoms with Crippen molar-refractivity contribution in [2.24, 2.45) is 17.8 Å². The lowest BCUT2D eigenvalue weighted by Gasteiger charge is -2.21. The summed E-state index contributed by atoms with van der Waals surface area (Å²) in [7, 11) is 0. The number of nitrogens with one attached hydrogen (secondary N) is 1. The minimum Gasteiger partial charge on any atom is -0.359 e. The Bertz CT molecular complexity index is 720. The van der Waals surface area contributed by atoms with Crippen molar-refractivity contribution in [1.82, 2.24) is 20.3 Å². The first-order valence-electron chi connectivity index (χ1n) is 8.90. The molecule has 0 spiro atoms. The lowest BCUT2D eigenvalue weighted by Crippen LogP contribution is -2.27. The molecule has 2 aliphatic carbocycles. The zero-order valence-corrected chi connectivity index (χ0v) is 14.1. The van der Waals surface area contributed by atoms with Crippen molar-refractivity contribution in [2.45, 2.75) is 45.6 Å². The fraction of sp³-hybridized carbons (Fsp3) is 0.611. The van der Waals surface area contributed by atoms with Crippen LogP contribution in [0.2, 0.25) is 0 Å². The van der Waals surface area contributed by atoms with Crippen molar-refractivity contribution in [1.29, 1.82) is 0 Å². The number of nitrogens with zero attached hydrogens (tertiary/aromatic N) is 3. The summed E-state index contributed by atoms with van der Waals surface area (Å²) in [5.41, 5.74) is 1.44. The summed E-state index contributed by atoms with van der Waals surface area (Å²) >= 11 is 0. The van der Waals surface area contributed by atoms with Crippen molar-refractivity contribution in [3.63, 3.8) is 0 Å². The maximum atomic E-state index is 12.2. The Balaban J connectivity index is 1.26. The number of aryl methyl sites for hydroxylation is 1. The predicted octanol–water partition coefficient (Wildman–Crippen LogP) is 2.78. The standard InChI is InChI=1S/C18H24N4O2/c1-12-9-20-22(10-12)11-16-8-17(21-24-16)18(23)19-5-4-15-7-13-2-3-14(15)6-13/h8-10,13-15H,2-7,11H2,1H3,(H,19,23). The molecule has 24 heavy (non-hydrogen) atoms. The highest BCUT2D eigenvalue weighted by atomic mass is 16.5. The summed E-state index contributed by atoms with van der Waals surface area (Å²) in [5.74, 6) is 3.16. The van der Waals surface area contributed by atoms with Gasteiger partial charge in [0.05, 0.1) is 6.20 Å². The number of rotatable bonds is 6. The molecule has 3 unspecified atom stereocenters. The molecule has 2 bridgehead atoms. The highest BCUT2D eigenvalue weighted by Gasteiger charge is 2.38. The van der Waals surface area contributed by atoms with Crippen LogP contribution in [0, 0.1) is 24.7 Å². The van der Waals surface area contributed by atoms with Crippen molar-refractivity contribution in [3.8, 4) is 0 Å². The van der Waals surface area contributed by atoms with Gasteiger partial charge in [0.15, 0.2) is 11.5 Å². The van der Waals surface area contributed by atoms with Crippen LogP contribution in [0.1, 0.15) is 53.9 Å². The smallest absolute Gasteiger partial charge is 0.273 e. The third kappa shape index (κ3) is 3.23. The van der Waals surface area contributed by atoms with Crippen LogP contribution in [0.15, 0.2) is 23.0 Å². The van der Waals surface area contributed by atoms with E-state index >= 15 is 0 Å². The van der Waals surface area contributed by atoms with Gasteiger partial charge in [-0.05, 0) is 55.9 Å². The summed E-state index contributed by atoms with van der Waals surface area (Å²) in [6.07, 6.45) is 10.4. The quantitative estimate of drug-likeness (QED) is 0.885. The fourth-order valence-electron chi connectivity index (χ4n) is 4.40. The average Bonchev–Trinajstić information content (AvgIpc) is 3.32. The molecule has 0 saturated heterocycles. The average molecular weight is 328 g/mol. The Morgan fingerprint density at radius 3 is 3.04 bits per heavy atom. The number of carbonyl (C=O) groups is 1. The molecule has 0 radical (unpaired) electrons. The van der Waals surface area contributed by atoms with E-state index in [-0.39, 0.29) is 5.91 Å². The van der Waals surface area contributed by atoms with Crippen LogP contribution in [0.3, 0.4) is 0 Å². The predicted molar refractivity (Wildman–Crippen MR) is 88.5 cm³/mol. The molecule has 2 aliphatic rings. The molecule has 2 aromatic heterocycles. The van der Waals surface area contributed by atoms with Crippen LogP contribution in [0.4, 0.5) is 0 Å². The molecule has 2 aromatic rings. The van der Waals surface area contributed by atoms with Gasteiger partial charge in [-0.15, -0.1) is 0 Å². The van der Waals surface area contributed by atoms with Gasteiger partial charge in [0.2, 0.25) is 0 Å². The van der Waals surface area contributed by atoms with Gasteiger partial charge < -0.3 is 9.84 Å². The summed E-state index contributed by atoms with van der Waals surface area (Å²) in [6.45, 7) is 3.20. The van der Waals surface area contributed by atoms with Crippen LogP contribution in [0.25, 0.3) is 0 Å². The molecule has 2 fully saturated rings. The Kier molecular flexibility index (Phi) is 4.12. The number of hydrogen-bond donors (Lipinski definition) is 1. The van der Waals surface area contributed by atoms with Crippen LogP contribution >= 0.6 is 0 Å². The Morgan fingerprint density at radius 1 is 1.42 bits per heavy atom. The zero-order valence-electron chi connectivity index (χ0n) is 14.1. The minimum atomic E-state index is -0.148. The van der Waals surface area contributed by atoms with Crippen molar-refractivity contribution in [2.75, 3.05) is 6.54 Å². The Labute approximate surface area is 141 Å². The first-order valence-corrected chi connectivity index (χ1v) is 8.90. The van der Waals surface area contributed by atoms with Crippen molar-refractivity contribution in [3.05, 3.63) is 35.5 Å². The van der Waals surface area contributed by atoms with E-state index in [1.165, 1.54) is 25.7 Å². The normalized spacial score (nSPS) is 25.3. The van der Waals surface area contributed by atoms with Crippen molar-refractivity contribution < 1.29 is 9.32 Å². The molecule has 2 saturated carbocycles. The van der Waals surface area contributed by atoms with Crippen LogP contribution in [-0.4, -0.2) is 27.4 Å². The molecule has 6 heteroatoms. The van der Waals surface area contributed by atoms with E-state index in [1.807, 2.05) is 13.1 Å². The van der Waals surface area contributed by atoms with Gasteiger partial charge in [0, 0.05) is 18.8 Å². The summed E-state index contributed by atoms with van der Waals surface area (Å²) in [6, 6.07) is 1.70. The first-order chi connectivity index (χ1) is 11.7. The molecule has 6 nitrogen and oxygen atoms in total. The minimum absolute atomic E-state index is 0.148. The third-order valence-corrected chi connectivity index (χ3v) is 5.56. The van der Waals surface area contributed by atoms with Gasteiger partial charge in [0.25, 0.3) is 5.91 Å². The van der Waals surface area contributed by atoms with Crippen LogP contribution < -0.4 is 5.32 Å². The monoisotopic (exact) mass is 328 g/mol. The first kappa shape index (κ1) is 15.4. The van der Waals surface area contributed by atoms with Gasteiger partial charge in [-0.1, -0.05) is 11.6 Å². The molecule has 0 aromatic carbocycles. The number of aromatic nitrogens is 3. The number of carbonyl (C=O) groups excluding carboxylic acids is 1. The van der Waals surface area contributed by atoms with Gasteiger partial charge >= 0.3 is 0 Å². The summed E-state index contributed by atoms with van der Waals surface area (Å²) in [5, 5.41) is 11.1. The zero-order chi connectivity index (χ0) is 16.5. The molecular formula is C18H24N4O2. The molecule has 2 heterocycles. The van der Waals surface area contributed by atoms with Crippen LogP contribution in [-0.2, 0) is 6.54 Å². The fourth-order valence-corrected chi connectivity index (χ4v) is 4.40. The Hall–Kier alpha value is -2.11. The molecular weight excluding hydrogens is 304 g/mol. The molecule has 1 amide bonds. The van der Waals surface area contributed by atoms with E-state index in [2.05, 4.69) is 15.6 Å². The van der Waals surface area contributed by atoms with E-state index in [0.29, 0.717) is 18.0 Å². The van der Waals surface area contributed by atoms with E-state index in [0.717, 1.165) is 36.3 Å². The lowest BCUT2D eigenvalue weighted by atomic mass is 9.86. The SMILES string of the molecule is Cc1cnn(Cc2cc(C(=O)NCCC3CC4CCC3C4)no2)c1. The molecule has 1 N–H and O–H groups in total. The highest BCUT2D eigenvalue weighted by Crippen LogP contribution is 2.49. The van der Waals surface area contributed by atoms with Gasteiger partial charge in [0.1, 0.15) is 6.54 Å². The number of fused-ring (bicyclic) bond motifs is 2. The molecule has 4 rings (SSSR count). The maximum absolute atomic E-state index is 12.2. The largest absolute Gasteiger partial charge is 0.359 e. The second-order valence-corrected chi connectivity index (χ2v) is 7.37. The maximum Gasteiger partial charge on any atom is 0.273 e. The summed E-state index contributed by atoms with van der Waals surface area (Å²) < 4.78 is 7.02. The number of hydrogen-bond acceptors (Lipinski definition) is 4. The van der Waals surface area contributed by atoms with Crippen LogP contribution in [0.5, 0.6) is 0 Å². The topological polar surface area (TPSA) is 73.0 Å². The van der Waals surface area contributed by atoms with Gasteiger partial charge in [-0.3, -0.25) is 9.48 Å². The molecule has 128 valence electrons. The van der Waals surface area contributed by atoms with E-state index in [9.17, 15) is 4.79 Å². The van der Waals surface area contributed by atoms with Gasteiger partial charge in [-0.25, -0.2) is 0 Å². The number of amides is 1.